The molecule has 0 N–H and O–H groups in total. The SMILES string of the molecule is CC(C)(C)C1=C2C(=C(C(C)(C)C)C1)C1C=CC2O1. The van der Waals surface area contributed by atoms with E-state index in [-0.39, 0.29) is 23.0 Å². The van der Waals surface area contributed by atoms with Crippen LogP contribution in [0.25, 0.3) is 0 Å². The molecule has 98 valence electrons. The second-order valence-corrected chi connectivity index (χ2v) is 7.82. The fourth-order valence-electron chi connectivity index (χ4n) is 3.46. The largest absolute Gasteiger partial charge is 0.357 e. The third-order valence-electron chi connectivity index (χ3n) is 4.43. The molecule has 1 saturated heterocycles. The molecule has 2 atom stereocenters. The highest BCUT2D eigenvalue weighted by molar-refractivity contribution is 5.61. The number of rotatable bonds is 0. The van der Waals surface area contributed by atoms with Crippen molar-refractivity contribution in [2.24, 2.45) is 10.8 Å². The van der Waals surface area contributed by atoms with Gasteiger partial charge in [0.15, 0.2) is 0 Å². The third-order valence-corrected chi connectivity index (χ3v) is 4.43. The van der Waals surface area contributed by atoms with Crippen molar-refractivity contribution in [3.63, 3.8) is 0 Å². The van der Waals surface area contributed by atoms with Gasteiger partial charge in [-0.15, -0.1) is 0 Å². The minimum atomic E-state index is 0.235. The molecule has 3 aliphatic rings. The maximum absolute atomic E-state index is 6.06. The highest BCUT2D eigenvalue weighted by Gasteiger charge is 2.47. The van der Waals surface area contributed by atoms with Crippen molar-refractivity contribution in [2.75, 3.05) is 0 Å². The lowest BCUT2D eigenvalue weighted by Crippen LogP contribution is -2.16. The number of ether oxygens (including phenoxy) is 1. The van der Waals surface area contributed by atoms with Crippen molar-refractivity contribution in [1.29, 1.82) is 0 Å². The fraction of sp³-hybridized carbons (Fsp3) is 0.647. The zero-order chi connectivity index (χ0) is 13.3. The number of fused-ring (bicyclic) bond motifs is 5. The summed E-state index contributed by atoms with van der Waals surface area (Å²) in [6.45, 7) is 14.0. The van der Waals surface area contributed by atoms with Crippen LogP contribution in [0.2, 0.25) is 0 Å². The molecule has 0 radical (unpaired) electrons. The van der Waals surface area contributed by atoms with E-state index >= 15 is 0 Å². The topological polar surface area (TPSA) is 9.23 Å². The highest BCUT2D eigenvalue weighted by Crippen LogP contribution is 2.55. The quantitative estimate of drug-likeness (QED) is 0.573. The molecule has 2 heterocycles. The van der Waals surface area contributed by atoms with Gasteiger partial charge in [-0.25, -0.2) is 0 Å². The first-order valence-corrected chi connectivity index (χ1v) is 7.01. The zero-order valence-corrected chi connectivity index (χ0v) is 12.4. The normalized spacial score (nSPS) is 30.8. The predicted molar refractivity (Wildman–Crippen MR) is 75.4 cm³/mol. The fourth-order valence-corrected chi connectivity index (χ4v) is 3.46. The molecule has 3 rings (SSSR count). The summed E-state index contributed by atoms with van der Waals surface area (Å²) in [4.78, 5) is 0. The van der Waals surface area contributed by atoms with E-state index in [1.807, 2.05) is 0 Å². The Bertz CT molecular complexity index is 445. The molecular weight excluding hydrogens is 220 g/mol. The van der Waals surface area contributed by atoms with Crippen molar-refractivity contribution < 1.29 is 4.74 Å². The van der Waals surface area contributed by atoms with Crippen LogP contribution in [-0.4, -0.2) is 12.2 Å². The molecule has 0 aromatic rings. The van der Waals surface area contributed by atoms with Crippen LogP contribution in [-0.2, 0) is 4.74 Å². The molecular formula is C17H24O. The van der Waals surface area contributed by atoms with Gasteiger partial charge in [-0.3, -0.25) is 0 Å². The molecule has 0 saturated carbocycles. The molecule has 0 spiro atoms. The first-order valence-electron chi connectivity index (χ1n) is 7.01. The lowest BCUT2D eigenvalue weighted by atomic mass is 9.79. The Morgan fingerprint density at radius 2 is 1.22 bits per heavy atom. The minimum Gasteiger partial charge on any atom is -0.357 e. The first kappa shape index (κ1) is 12.2. The van der Waals surface area contributed by atoms with Crippen LogP contribution >= 0.6 is 0 Å². The molecule has 2 unspecified atom stereocenters. The van der Waals surface area contributed by atoms with Crippen LogP contribution in [0, 0.1) is 10.8 Å². The van der Waals surface area contributed by atoms with Gasteiger partial charge in [0.2, 0.25) is 0 Å². The summed E-state index contributed by atoms with van der Waals surface area (Å²) in [6, 6.07) is 0. The van der Waals surface area contributed by atoms with E-state index in [4.69, 9.17) is 4.74 Å². The molecule has 1 heteroatoms. The van der Waals surface area contributed by atoms with Crippen LogP contribution in [0.5, 0.6) is 0 Å². The van der Waals surface area contributed by atoms with Crippen molar-refractivity contribution in [1.82, 2.24) is 0 Å². The smallest absolute Gasteiger partial charge is 0.102 e. The minimum absolute atomic E-state index is 0.235. The summed E-state index contributed by atoms with van der Waals surface area (Å²) >= 11 is 0. The molecule has 0 amide bonds. The van der Waals surface area contributed by atoms with Gasteiger partial charge in [-0.1, -0.05) is 64.8 Å². The average molecular weight is 244 g/mol. The molecule has 1 fully saturated rings. The maximum atomic E-state index is 6.06. The molecule has 18 heavy (non-hydrogen) atoms. The van der Waals surface area contributed by atoms with Crippen LogP contribution in [0.4, 0.5) is 0 Å². The van der Waals surface area contributed by atoms with E-state index in [9.17, 15) is 0 Å². The van der Waals surface area contributed by atoms with Gasteiger partial charge in [-0.2, -0.15) is 0 Å². The van der Waals surface area contributed by atoms with Crippen LogP contribution < -0.4 is 0 Å². The van der Waals surface area contributed by atoms with Gasteiger partial charge in [-0.05, 0) is 28.4 Å². The average Bonchev–Trinajstić information content (AvgIpc) is 2.85. The van der Waals surface area contributed by atoms with Gasteiger partial charge >= 0.3 is 0 Å². The Balaban J connectivity index is 2.16. The van der Waals surface area contributed by atoms with Crippen molar-refractivity contribution in [3.05, 3.63) is 34.4 Å². The molecule has 2 bridgehead atoms. The number of hydrogen-bond donors (Lipinski definition) is 0. The van der Waals surface area contributed by atoms with Gasteiger partial charge in [0, 0.05) is 0 Å². The van der Waals surface area contributed by atoms with Crippen LogP contribution in [0.3, 0.4) is 0 Å². The lowest BCUT2D eigenvalue weighted by Gasteiger charge is -2.27. The van der Waals surface area contributed by atoms with E-state index < -0.39 is 0 Å². The standard InChI is InChI=1S/C17H24O/c1-16(2,3)10-9-11(17(4,5)6)15-13-8-7-12(18-13)14(10)15/h7-8,12-13H,9H2,1-6H3. The van der Waals surface area contributed by atoms with Crippen molar-refractivity contribution in [3.8, 4) is 0 Å². The van der Waals surface area contributed by atoms with Gasteiger partial charge in [0.1, 0.15) is 12.2 Å². The monoisotopic (exact) mass is 244 g/mol. The Labute approximate surface area is 111 Å². The summed E-state index contributed by atoms with van der Waals surface area (Å²) in [6.07, 6.45) is 6.09. The first-order chi connectivity index (χ1) is 8.19. The van der Waals surface area contributed by atoms with Crippen molar-refractivity contribution in [2.45, 2.75) is 60.2 Å². The molecule has 0 aromatic heterocycles. The zero-order valence-electron chi connectivity index (χ0n) is 12.4. The van der Waals surface area contributed by atoms with E-state index in [1.165, 1.54) is 11.1 Å². The maximum Gasteiger partial charge on any atom is 0.102 e. The third kappa shape index (κ3) is 1.56. The van der Waals surface area contributed by atoms with Gasteiger partial charge in [0.05, 0.1) is 0 Å². The lowest BCUT2D eigenvalue weighted by molar-refractivity contribution is 0.136. The summed E-state index contributed by atoms with van der Waals surface area (Å²) in [5.74, 6) is 0. The second kappa shape index (κ2) is 3.39. The Morgan fingerprint density at radius 1 is 0.833 bits per heavy atom. The van der Waals surface area contributed by atoms with Crippen LogP contribution in [0.15, 0.2) is 34.4 Å². The number of allylic oxidation sites excluding steroid dienone is 2. The highest BCUT2D eigenvalue weighted by atomic mass is 16.5. The number of hydrogen-bond acceptors (Lipinski definition) is 1. The summed E-state index contributed by atoms with van der Waals surface area (Å²) < 4.78 is 6.06. The van der Waals surface area contributed by atoms with Gasteiger partial charge in [0.25, 0.3) is 0 Å². The Kier molecular flexibility index (Phi) is 2.30. The molecule has 0 aromatic carbocycles. The van der Waals surface area contributed by atoms with Crippen LogP contribution in [0.1, 0.15) is 48.0 Å². The predicted octanol–water partition coefficient (Wildman–Crippen LogP) is 4.41. The molecule has 1 aliphatic carbocycles. The summed E-state index contributed by atoms with van der Waals surface area (Å²) in [5.41, 5.74) is 6.71. The van der Waals surface area contributed by atoms with Gasteiger partial charge < -0.3 is 4.74 Å². The summed E-state index contributed by atoms with van der Waals surface area (Å²) in [7, 11) is 0. The van der Waals surface area contributed by atoms with Crippen molar-refractivity contribution >= 4 is 0 Å². The second-order valence-electron chi connectivity index (χ2n) is 7.82. The Morgan fingerprint density at radius 3 is 1.56 bits per heavy atom. The van der Waals surface area contributed by atoms with E-state index in [0.29, 0.717) is 0 Å². The summed E-state index contributed by atoms with van der Waals surface area (Å²) in [5, 5.41) is 0. The Hall–Kier alpha value is -0.820. The van der Waals surface area contributed by atoms with E-state index in [1.54, 1.807) is 11.1 Å². The van der Waals surface area contributed by atoms with E-state index in [0.717, 1.165) is 6.42 Å². The van der Waals surface area contributed by atoms with E-state index in [2.05, 4.69) is 53.7 Å². The molecule has 1 nitrogen and oxygen atoms in total. The molecule has 2 aliphatic heterocycles.